The number of hydrogen-bond donors (Lipinski definition) is 0. The van der Waals surface area contributed by atoms with Crippen molar-refractivity contribution in [3.63, 3.8) is 0 Å². The van der Waals surface area contributed by atoms with Crippen LogP contribution in [0, 0.1) is 0 Å². The van der Waals surface area contributed by atoms with Crippen LogP contribution in [0.5, 0.6) is 0 Å². The highest BCUT2D eigenvalue weighted by Gasteiger charge is 2.28. The van der Waals surface area contributed by atoms with E-state index in [0.717, 1.165) is 39.5 Å². The first-order chi connectivity index (χ1) is 23.3. The van der Waals surface area contributed by atoms with Gasteiger partial charge >= 0.3 is 0 Å². The highest BCUT2D eigenvalue weighted by molar-refractivity contribution is 6.29. The van der Waals surface area contributed by atoms with Crippen LogP contribution >= 0.6 is 0 Å². The molecular formula is C43H25N3O. The van der Waals surface area contributed by atoms with Gasteiger partial charge in [0.15, 0.2) is 5.76 Å². The maximum Gasteiger partial charge on any atom is 0.227 e. The first-order valence-corrected chi connectivity index (χ1v) is 16.0. The SMILES string of the molecule is c1ccc(-n2c3ccccc3c3c4c5ccccc5n(-c5ccc(-c6nc7c(o6)-c6cccc8cccc-7c68)cc5)c4ccc32)cc1. The van der Waals surface area contributed by atoms with Crippen LogP contribution in [-0.4, -0.2) is 14.1 Å². The largest absolute Gasteiger partial charge is 0.435 e. The molecule has 11 rings (SSSR count). The van der Waals surface area contributed by atoms with E-state index in [4.69, 9.17) is 9.40 Å². The molecule has 0 saturated carbocycles. The van der Waals surface area contributed by atoms with E-state index < -0.39 is 0 Å². The third-order valence-electron chi connectivity index (χ3n) is 9.89. The summed E-state index contributed by atoms with van der Waals surface area (Å²) in [6.45, 7) is 0. The molecular weight excluding hydrogens is 574 g/mol. The Morgan fingerprint density at radius 1 is 0.426 bits per heavy atom. The van der Waals surface area contributed by atoms with Gasteiger partial charge in [-0.25, -0.2) is 4.98 Å². The standard InChI is InChI=1S/C43H25N3O/c1-2-12-28(13-3-1)45-34-18-6-4-14-30(34)39-36(45)24-25-37-40(39)31-15-5-7-19-35(31)46(37)29-22-20-27(21-23-29)43-44-41-32-16-8-10-26-11-9-17-33(38(26)32)42(41)47-43/h1-25H. The van der Waals surface area contributed by atoms with Crippen LogP contribution in [-0.2, 0) is 0 Å². The van der Waals surface area contributed by atoms with E-state index >= 15 is 0 Å². The molecule has 0 spiro atoms. The molecule has 0 amide bonds. The number of para-hydroxylation sites is 3. The summed E-state index contributed by atoms with van der Waals surface area (Å²) < 4.78 is 11.2. The van der Waals surface area contributed by atoms with Crippen molar-refractivity contribution in [2.45, 2.75) is 0 Å². The fraction of sp³-hybridized carbons (Fsp3) is 0. The number of nitrogens with zero attached hydrogens (tertiary/aromatic N) is 3. The lowest BCUT2D eigenvalue weighted by molar-refractivity contribution is 0.590. The van der Waals surface area contributed by atoms with E-state index in [9.17, 15) is 0 Å². The van der Waals surface area contributed by atoms with Crippen LogP contribution < -0.4 is 0 Å². The maximum absolute atomic E-state index is 6.46. The van der Waals surface area contributed by atoms with E-state index in [-0.39, 0.29) is 0 Å². The highest BCUT2D eigenvalue weighted by atomic mass is 16.4. The fourth-order valence-corrected chi connectivity index (χ4v) is 7.94. The Kier molecular flexibility index (Phi) is 4.81. The first kappa shape index (κ1) is 24.9. The summed E-state index contributed by atoms with van der Waals surface area (Å²) in [6, 6.07) is 54.1. The molecule has 0 saturated heterocycles. The molecule has 4 heteroatoms. The van der Waals surface area contributed by atoms with Crippen LogP contribution in [0.4, 0.5) is 0 Å². The maximum atomic E-state index is 6.46. The molecule has 7 aromatic carbocycles. The Hall–Kier alpha value is -6.39. The molecule has 4 nitrogen and oxygen atoms in total. The van der Waals surface area contributed by atoms with E-state index in [1.54, 1.807) is 0 Å². The quantitative estimate of drug-likeness (QED) is 0.203. The number of oxazole rings is 1. The second-order valence-electron chi connectivity index (χ2n) is 12.3. The Bertz CT molecular complexity index is 2830. The third-order valence-corrected chi connectivity index (χ3v) is 9.89. The van der Waals surface area contributed by atoms with Gasteiger partial charge in [-0.2, -0.15) is 0 Å². The summed E-state index contributed by atoms with van der Waals surface area (Å²) in [6.07, 6.45) is 0. The summed E-state index contributed by atoms with van der Waals surface area (Å²) in [5.74, 6) is 1.50. The molecule has 3 heterocycles. The van der Waals surface area contributed by atoms with Gasteiger partial charge in [-0.1, -0.05) is 91.0 Å². The van der Waals surface area contributed by atoms with Crippen molar-refractivity contribution in [2.24, 2.45) is 0 Å². The lowest BCUT2D eigenvalue weighted by Crippen LogP contribution is -1.94. The number of hydrogen-bond acceptors (Lipinski definition) is 2. The average molecular weight is 600 g/mol. The molecule has 0 N–H and O–H groups in total. The van der Waals surface area contributed by atoms with Crippen LogP contribution in [0.25, 0.3) is 99.8 Å². The first-order valence-electron chi connectivity index (χ1n) is 16.0. The molecule has 218 valence electrons. The van der Waals surface area contributed by atoms with Crippen molar-refractivity contribution in [2.75, 3.05) is 0 Å². The normalized spacial score (nSPS) is 12.3. The smallest absolute Gasteiger partial charge is 0.227 e. The summed E-state index contributed by atoms with van der Waals surface area (Å²) in [5.41, 5.74) is 11.2. The monoisotopic (exact) mass is 599 g/mol. The summed E-state index contributed by atoms with van der Waals surface area (Å²) in [5, 5.41) is 7.48. The Morgan fingerprint density at radius 3 is 1.66 bits per heavy atom. The van der Waals surface area contributed by atoms with Crippen molar-refractivity contribution >= 4 is 54.4 Å². The lowest BCUT2D eigenvalue weighted by Gasteiger charge is -2.09. The zero-order valence-electron chi connectivity index (χ0n) is 25.2. The molecule has 0 unspecified atom stereocenters. The zero-order chi connectivity index (χ0) is 30.6. The summed E-state index contributed by atoms with van der Waals surface area (Å²) in [4.78, 5) is 5.01. The Morgan fingerprint density at radius 2 is 1.00 bits per heavy atom. The van der Waals surface area contributed by atoms with Crippen molar-refractivity contribution in [1.82, 2.24) is 14.1 Å². The Balaban J connectivity index is 1.10. The molecule has 10 aromatic rings. The molecule has 0 bridgehead atoms. The lowest BCUT2D eigenvalue weighted by atomic mass is 10.0. The van der Waals surface area contributed by atoms with Crippen LogP contribution in [0.2, 0.25) is 0 Å². The van der Waals surface area contributed by atoms with Gasteiger partial charge in [-0.05, 0) is 66.0 Å². The second-order valence-corrected chi connectivity index (χ2v) is 12.3. The molecule has 0 aliphatic heterocycles. The number of aromatic nitrogens is 3. The Labute approximate surface area is 269 Å². The van der Waals surface area contributed by atoms with Crippen molar-refractivity contribution in [3.8, 4) is 45.4 Å². The van der Waals surface area contributed by atoms with Crippen LogP contribution in [0.3, 0.4) is 0 Å². The minimum absolute atomic E-state index is 0.644. The van der Waals surface area contributed by atoms with Gasteiger partial charge in [0.2, 0.25) is 5.89 Å². The molecule has 0 radical (unpaired) electrons. The molecule has 0 atom stereocenters. The van der Waals surface area contributed by atoms with Crippen LogP contribution in [0.15, 0.2) is 156 Å². The predicted molar refractivity (Wildman–Crippen MR) is 193 cm³/mol. The van der Waals surface area contributed by atoms with Gasteiger partial charge in [0.1, 0.15) is 5.69 Å². The van der Waals surface area contributed by atoms with Gasteiger partial charge in [-0.15, -0.1) is 0 Å². The third kappa shape index (κ3) is 3.28. The topological polar surface area (TPSA) is 35.9 Å². The fourth-order valence-electron chi connectivity index (χ4n) is 7.94. The summed E-state index contributed by atoms with van der Waals surface area (Å²) in [7, 11) is 0. The molecule has 1 aliphatic rings. The minimum atomic E-state index is 0.644. The van der Waals surface area contributed by atoms with Gasteiger partial charge in [-0.3, -0.25) is 0 Å². The van der Waals surface area contributed by atoms with E-state index in [1.165, 1.54) is 54.4 Å². The molecule has 1 aliphatic carbocycles. The van der Waals surface area contributed by atoms with Crippen molar-refractivity contribution in [3.05, 3.63) is 152 Å². The highest BCUT2D eigenvalue weighted by Crippen LogP contribution is 2.48. The number of rotatable bonds is 3. The van der Waals surface area contributed by atoms with Gasteiger partial charge < -0.3 is 13.6 Å². The van der Waals surface area contributed by atoms with E-state index in [0.29, 0.717) is 5.89 Å². The van der Waals surface area contributed by atoms with E-state index in [1.807, 2.05) is 0 Å². The minimum Gasteiger partial charge on any atom is -0.435 e. The molecule has 0 fully saturated rings. The van der Waals surface area contributed by atoms with E-state index in [2.05, 4.69) is 161 Å². The van der Waals surface area contributed by atoms with Gasteiger partial charge in [0.05, 0.1) is 22.1 Å². The average Bonchev–Trinajstić information content (AvgIpc) is 3.88. The molecule has 3 aromatic heterocycles. The van der Waals surface area contributed by atoms with Crippen molar-refractivity contribution in [1.29, 1.82) is 0 Å². The predicted octanol–water partition coefficient (Wildman–Crippen LogP) is 11.3. The number of benzene rings is 7. The van der Waals surface area contributed by atoms with Crippen LogP contribution in [0.1, 0.15) is 0 Å². The number of fused-ring (bicyclic) bond motifs is 10. The molecule has 47 heavy (non-hydrogen) atoms. The van der Waals surface area contributed by atoms with Crippen molar-refractivity contribution < 1.29 is 4.42 Å². The van der Waals surface area contributed by atoms with Gasteiger partial charge in [0, 0.05) is 55.0 Å². The summed E-state index contributed by atoms with van der Waals surface area (Å²) >= 11 is 0. The second kappa shape index (κ2) is 9.09. The van der Waals surface area contributed by atoms with Gasteiger partial charge in [0.25, 0.3) is 0 Å². The zero-order valence-corrected chi connectivity index (χ0v) is 25.2.